The van der Waals surface area contributed by atoms with Gasteiger partial charge in [-0.2, -0.15) is 0 Å². The van der Waals surface area contributed by atoms with Crippen LogP contribution in [0, 0.1) is 5.41 Å². The van der Waals surface area contributed by atoms with Gasteiger partial charge in [-0.3, -0.25) is 4.72 Å². The first-order chi connectivity index (χ1) is 8.63. The molecular weight excluding hydrogens is 262 g/mol. The van der Waals surface area contributed by atoms with E-state index >= 15 is 0 Å². The van der Waals surface area contributed by atoms with Gasteiger partial charge in [-0.15, -0.1) is 0 Å². The third kappa shape index (κ3) is 5.51. The summed E-state index contributed by atoms with van der Waals surface area (Å²) in [6.07, 6.45) is 1.35. The quantitative estimate of drug-likeness (QED) is 0.817. The molecule has 108 valence electrons. The van der Waals surface area contributed by atoms with Gasteiger partial charge in [0.15, 0.2) is 0 Å². The molecule has 0 bridgehead atoms. The molecule has 0 heterocycles. The fraction of sp³-hybridized carbons (Fsp3) is 0.571. The molecular formula is C14H23NO3S. The highest BCUT2D eigenvalue weighted by atomic mass is 32.2. The molecule has 0 aliphatic heterocycles. The van der Waals surface area contributed by atoms with Crippen LogP contribution in [-0.4, -0.2) is 19.3 Å². The van der Waals surface area contributed by atoms with E-state index in [9.17, 15) is 13.5 Å². The lowest BCUT2D eigenvalue weighted by atomic mass is 9.94. The molecule has 2 N–H and O–H groups in total. The zero-order valence-electron chi connectivity index (χ0n) is 12.0. The highest BCUT2D eigenvalue weighted by Crippen LogP contribution is 2.26. The average Bonchev–Trinajstić information content (AvgIpc) is 2.29. The molecule has 1 aromatic carbocycles. The highest BCUT2D eigenvalue weighted by molar-refractivity contribution is 7.92. The Morgan fingerprint density at radius 2 is 1.89 bits per heavy atom. The van der Waals surface area contributed by atoms with Gasteiger partial charge in [0.25, 0.3) is 0 Å². The second-order valence-corrected chi connectivity index (χ2v) is 7.78. The molecule has 4 nitrogen and oxygen atoms in total. The fourth-order valence-electron chi connectivity index (χ4n) is 1.54. The van der Waals surface area contributed by atoms with Crippen molar-refractivity contribution < 1.29 is 13.5 Å². The third-order valence-corrected chi connectivity index (χ3v) is 4.13. The smallest absolute Gasteiger partial charge is 0.232 e. The van der Waals surface area contributed by atoms with Crippen LogP contribution in [0.25, 0.3) is 0 Å². The number of hydrogen-bond donors (Lipinski definition) is 2. The molecule has 0 aromatic heterocycles. The normalized spacial score (nSPS) is 12.4. The van der Waals surface area contributed by atoms with E-state index in [1.807, 2.05) is 27.7 Å². The Hall–Kier alpha value is -1.23. The molecule has 19 heavy (non-hydrogen) atoms. The molecule has 5 heteroatoms. The van der Waals surface area contributed by atoms with Crippen LogP contribution in [0.15, 0.2) is 18.2 Å². The van der Waals surface area contributed by atoms with Crippen LogP contribution in [0.1, 0.15) is 39.7 Å². The zero-order valence-corrected chi connectivity index (χ0v) is 12.8. The van der Waals surface area contributed by atoms with Crippen molar-refractivity contribution in [3.05, 3.63) is 23.8 Å². The summed E-state index contributed by atoms with van der Waals surface area (Å²) in [7, 11) is -3.43. The minimum Gasteiger partial charge on any atom is -0.506 e. The number of nitrogens with one attached hydrogen (secondary N) is 1. The summed E-state index contributed by atoms with van der Waals surface area (Å²) in [5.41, 5.74) is 1.20. The van der Waals surface area contributed by atoms with E-state index in [-0.39, 0.29) is 22.6 Å². The first-order valence-electron chi connectivity index (χ1n) is 6.45. The number of rotatable bonds is 5. The minimum atomic E-state index is -3.43. The zero-order chi connectivity index (χ0) is 14.7. The Morgan fingerprint density at radius 1 is 1.26 bits per heavy atom. The van der Waals surface area contributed by atoms with Gasteiger partial charge < -0.3 is 5.11 Å². The molecule has 0 fully saturated rings. The van der Waals surface area contributed by atoms with Gasteiger partial charge in [0.2, 0.25) is 10.0 Å². The lowest BCUT2D eigenvalue weighted by molar-refractivity contribution is 0.397. The molecule has 1 rings (SSSR count). The average molecular weight is 285 g/mol. The van der Waals surface area contributed by atoms with E-state index < -0.39 is 10.0 Å². The fourth-order valence-corrected chi connectivity index (χ4v) is 3.03. The third-order valence-electron chi connectivity index (χ3n) is 2.86. The number of hydrogen-bond acceptors (Lipinski definition) is 3. The number of sulfonamides is 1. The Labute approximate surface area is 115 Å². The van der Waals surface area contributed by atoms with E-state index in [0.29, 0.717) is 6.42 Å². The topological polar surface area (TPSA) is 66.4 Å². The van der Waals surface area contributed by atoms with Crippen LogP contribution >= 0.6 is 0 Å². The highest BCUT2D eigenvalue weighted by Gasteiger charge is 2.18. The molecule has 0 saturated carbocycles. The van der Waals surface area contributed by atoms with Crippen molar-refractivity contribution in [1.29, 1.82) is 0 Å². The first-order valence-corrected chi connectivity index (χ1v) is 8.10. The van der Waals surface area contributed by atoms with Crippen molar-refractivity contribution in [3.63, 3.8) is 0 Å². The van der Waals surface area contributed by atoms with Gasteiger partial charge in [-0.05, 0) is 36.0 Å². The van der Waals surface area contributed by atoms with Crippen molar-refractivity contribution in [3.8, 4) is 5.75 Å². The Kier molecular flexibility index (Phi) is 4.85. The number of aromatic hydroxyl groups is 1. The van der Waals surface area contributed by atoms with Crippen molar-refractivity contribution in [1.82, 2.24) is 0 Å². The van der Waals surface area contributed by atoms with Crippen molar-refractivity contribution in [2.45, 2.75) is 40.5 Å². The molecule has 0 spiro atoms. The summed E-state index contributed by atoms with van der Waals surface area (Å²) >= 11 is 0. The van der Waals surface area contributed by atoms with Gasteiger partial charge in [-0.1, -0.05) is 33.8 Å². The molecule has 0 aliphatic rings. The lowest BCUT2D eigenvalue weighted by Crippen LogP contribution is -2.21. The maximum absolute atomic E-state index is 12.0. The Morgan fingerprint density at radius 3 is 2.42 bits per heavy atom. The van der Waals surface area contributed by atoms with E-state index in [4.69, 9.17) is 0 Å². The molecule has 0 saturated heterocycles. The van der Waals surface area contributed by atoms with Crippen LogP contribution in [0.2, 0.25) is 0 Å². The monoisotopic (exact) mass is 285 g/mol. The van der Waals surface area contributed by atoms with Gasteiger partial charge in [-0.25, -0.2) is 8.42 Å². The Bertz CT molecular complexity index is 530. The van der Waals surface area contributed by atoms with Crippen molar-refractivity contribution in [2.75, 3.05) is 10.5 Å². The number of aryl methyl sites for hydroxylation is 1. The second kappa shape index (κ2) is 5.82. The summed E-state index contributed by atoms with van der Waals surface area (Å²) < 4.78 is 26.4. The van der Waals surface area contributed by atoms with E-state index in [1.165, 1.54) is 6.07 Å². The van der Waals surface area contributed by atoms with Gasteiger partial charge in [0.1, 0.15) is 5.75 Å². The molecule has 0 aliphatic carbocycles. The molecule has 0 radical (unpaired) electrons. The predicted molar refractivity (Wildman–Crippen MR) is 79.0 cm³/mol. The van der Waals surface area contributed by atoms with Crippen molar-refractivity contribution >= 4 is 15.7 Å². The lowest BCUT2D eigenvalue weighted by Gasteiger charge is -2.18. The second-order valence-electron chi connectivity index (χ2n) is 5.94. The largest absolute Gasteiger partial charge is 0.506 e. The van der Waals surface area contributed by atoms with Crippen LogP contribution in [0.3, 0.4) is 0 Å². The molecule has 0 amide bonds. The van der Waals surface area contributed by atoms with E-state index in [1.54, 1.807) is 12.1 Å². The summed E-state index contributed by atoms with van der Waals surface area (Å²) in [5, 5.41) is 9.69. The van der Waals surface area contributed by atoms with Crippen LogP contribution in [0.5, 0.6) is 5.75 Å². The predicted octanol–water partition coefficient (Wildman–Crippen LogP) is 3.13. The van der Waals surface area contributed by atoms with Crippen LogP contribution in [-0.2, 0) is 16.4 Å². The number of benzene rings is 1. The summed E-state index contributed by atoms with van der Waals surface area (Å²) in [6.45, 7) is 7.97. The summed E-state index contributed by atoms with van der Waals surface area (Å²) in [6, 6.07) is 4.96. The molecule has 0 unspecified atom stereocenters. The summed E-state index contributed by atoms with van der Waals surface area (Å²) in [4.78, 5) is 0. The number of phenols is 1. The summed E-state index contributed by atoms with van der Waals surface area (Å²) in [5.74, 6) is 0.00303. The first kappa shape index (κ1) is 15.8. The van der Waals surface area contributed by atoms with Crippen LogP contribution in [0.4, 0.5) is 5.69 Å². The SMILES string of the molecule is CCc1ccc(O)c(NS(=O)(=O)CCC(C)(C)C)c1. The van der Waals surface area contributed by atoms with Crippen molar-refractivity contribution in [2.24, 2.45) is 5.41 Å². The number of anilines is 1. The maximum Gasteiger partial charge on any atom is 0.232 e. The maximum atomic E-state index is 12.0. The molecule has 0 atom stereocenters. The standard InChI is InChI=1S/C14H23NO3S/c1-5-11-6-7-13(16)12(10-11)15-19(17,18)9-8-14(2,3)4/h6-7,10,15-16H,5,8-9H2,1-4H3. The van der Waals surface area contributed by atoms with E-state index in [0.717, 1.165) is 12.0 Å². The van der Waals surface area contributed by atoms with Gasteiger partial charge >= 0.3 is 0 Å². The van der Waals surface area contributed by atoms with Gasteiger partial charge in [0.05, 0.1) is 11.4 Å². The van der Waals surface area contributed by atoms with E-state index in [2.05, 4.69) is 4.72 Å². The molecule has 1 aromatic rings. The number of phenolic OH excluding ortho intramolecular Hbond substituents is 1. The Balaban J connectivity index is 2.83. The van der Waals surface area contributed by atoms with Crippen LogP contribution < -0.4 is 4.72 Å². The minimum absolute atomic E-state index is 0.0396. The van der Waals surface area contributed by atoms with Gasteiger partial charge in [0, 0.05) is 0 Å².